The van der Waals surface area contributed by atoms with Crippen molar-refractivity contribution in [3.05, 3.63) is 59.8 Å². The van der Waals surface area contributed by atoms with E-state index in [0.29, 0.717) is 16.3 Å². The molecular formula is C15H12N2O3. The second kappa shape index (κ2) is 5.05. The Morgan fingerprint density at radius 2 is 1.70 bits per heavy atom. The molecule has 0 radical (unpaired) electrons. The summed E-state index contributed by atoms with van der Waals surface area (Å²) in [5.41, 5.74) is 2.46. The number of benzene rings is 2. The number of aromatic nitrogens is 2. The Bertz CT molecular complexity index is 706. The van der Waals surface area contributed by atoms with Crippen molar-refractivity contribution in [2.45, 2.75) is 0 Å². The van der Waals surface area contributed by atoms with E-state index >= 15 is 0 Å². The van der Waals surface area contributed by atoms with Crippen molar-refractivity contribution in [2.24, 2.45) is 0 Å². The Balaban J connectivity index is 2.11. The molecule has 0 aliphatic heterocycles. The molecule has 0 N–H and O–H groups in total. The summed E-state index contributed by atoms with van der Waals surface area (Å²) >= 11 is 0. The normalized spacial score (nSPS) is 10.4. The van der Waals surface area contributed by atoms with Gasteiger partial charge in [0.25, 0.3) is 5.69 Å². The van der Waals surface area contributed by atoms with Gasteiger partial charge in [-0.15, -0.1) is 0 Å². The molecule has 100 valence electrons. The van der Waals surface area contributed by atoms with Crippen LogP contribution < -0.4 is 9.64 Å². The maximum atomic E-state index is 11.8. The van der Waals surface area contributed by atoms with Gasteiger partial charge in [0, 0.05) is 16.3 Å². The average Bonchev–Trinajstić information content (AvgIpc) is 2.90. The molecule has 0 aliphatic carbocycles. The van der Waals surface area contributed by atoms with Gasteiger partial charge in [-0.1, -0.05) is 30.3 Å². The predicted molar refractivity (Wildman–Crippen MR) is 72.9 cm³/mol. The van der Waals surface area contributed by atoms with Gasteiger partial charge in [0.05, 0.1) is 7.11 Å². The van der Waals surface area contributed by atoms with E-state index in [-0.39, 0.29) is 0 Å². The quantitative estimate of drug-likeness (QED) is 0.685. The van der Waals surface area contributed by atoms with E-state index in [9.17, 15) is 5.21 Å². The van der Waals surface area contributed by atoms with E-state index in [2.05, 4.69) is 5.16 Å². The fourth-order valence-electron chi connectivity index (χ4n) is 2.02. The Hall–Kier alpha value is -2.82. The standard InChI is InChI=1S/C15H12N2O3/c1-19-13-9-7-12(8-10-13)15-14(16-20-17(15)18)11-5-3-2-4-6-11/h2-10H,1H3. The number of hydrogen-bond acceptors (Lipinski definition) is 4. The maximum absolute atomic E-state index is 11.8. The molecular weight excluding hydrogens is 256 g/mol. The summed E-state index contributed by atoms with van der Waals surface area (Å²) in [6.45, 7) is 0. The number of ether oxygens (including phenoxy) is 1. The molecule has 20 heavy (non-hydrogen) atoms. The number of methoxy groups -OCH3 is 1. The SMILES string of the molecule is COc1ccc(-c2c(-c3ccccc3)no[n+]2[O-])cc1. The van der Waals surface area contributed by atoms with E-state index in [1.54, 1.807) is 31.4 Å². The summed E-state index contributed by atoms with van der Waals surface area (Å²) in [6.07, 6.45) is 0. The third kappa shape index (κ3) is 2.09. The first-order valence-electron chi connectivity index (χ1n) is 6.09. The van der Waals surface area contributed by atoms with Gasteiger partial charge in [0.1, 0.15) is 5.75 Å². The van der Waals surface area contributed by atoms with Crippen LogP contribution in [0.25, 0.3) is 22.5 Å². The highest BCUT2D eigenvalue weighted by atomic mass is 16.8. The first-order valence-corrected chi connectivity index (χ1v) is 6.09. The highest BCUT2D eigenvalue weighted by Gasteiger charge is 2.22. The molecule has 1 heterocycles. The Kier molecular flexibility index (Phi) is 3.09. The van der Waals surface area contributed by atoms with E-state index in [1.807, 2.05) is 30.3 Å². The molecule has 0 fully saturated rings. The monoisotopic (exact) mass is 268 g/mol. The molecule has 5 nitrogen and oxygen atoms in total. The smallest absolute Gasteiger partial charge is 0.256 e. The fourth-order valence-corrected chi connectivity index (χ4v) is 2.02. The maximum Gasteiger partial charge on any atom is 0.256 e. The van der Waals surface area contributed by atoms with Crippen molar-refractivity contribution in [3.8, 4) is 28.3 Å². The van der Waals surface area contributed by atoms with Gasteiger partial charge in [-0.05, 0) is 29.2 Å². The summed E-state index contributed by atoms with van der Waals surface area (Å²) in [5, 5.41) is 15.7. The highest BCUT2D eigenvalue weighted by molar-refractivity contribution is 5.75. The zero-order valence-corrected chi connectivity index (χ0v) is 10.8. The van der Waals surface area contributed by atoms with Crippen LogP contribution in [0.4, 0.5) is 0 Å². The van der Waals surface area contributed by atoms with Crippen LogP contribution in [0.2, 0.25) is 0 Å². The fraction of sp³-hybridized carbons (Fsp3) is 0.0667. The second-order valence-electron chi connectivity index (χ2n) is 4.22. The second-order valence-corrected chi connectivity index (χ2v) is 4.22. The van der Waals surface area contributed by atoms with E-state index < -0.39 is 0 Å². The van der Waals surface area contributed by atoms with Crippen molar-refractivity contribution in [3.63, 3.8) is 0 Å². The summed E-state index contributed by atoms with van der Waals surface area (Å²) in [7, 11) is 1.59. The minimum absolute atomic E-state index is 0.388. The van der Waals surface area contributed by atoms with Crippen molar-refractivity contribution < 1.29 is 14.3 Å². The highest BCUT2D eigenvalue weighted by Crippen LogP contribution is 2.28. The van der Waals surface area contributed by atoms with E-state index in [4.69, 9.17) is 9.37 Å². The molecule has 0 amide bonds. The molecule has 3 aromatic rings. The Morgan fingerprint density at radius 1 is 1.00 bits per heavy atom. The average molecular weight is 268 g/mol. The first-order chi connectivity index (χ1) is 9.79. The number of rotatable bonds is 3. The van der Waals surface area contributed by atoms with Crippen LogP contribution in [0.5, 0.6) is 5.75 Å². The number of nitrogens with zero attached hydrogens (tertiary/aromatic N) is 2. The third-order valence-electron chi connectivity index (χ3n) is 3.02. The summed E-state index contributed by atoms with van der Waals surface area (Å²) < 4.78 is 9.85. The van der Waals surface area contributed by atoms with Gasteiger partial charge in [-0.25, -0.2) is 0 Å². The molecule has 1 aromatic heterocycles. The van der Waals surface area contributed by atoms with Gasteiger partial charge in [0.2, 0.25) is 5.69 Å². The third-order valence-corrected chi connectivity index (χ3v) is 3.02. The van der Waals surface area contributed by atoms with Crippen LogP contribution in [-0.4, -0.2) is 12.3 Å². The molecule has 0 spiro atoms. The summed E-state index contributed by atoms with van der Waals surface area (Å²) in [6, 6.07) is 16.6. The topological polar surface area (TPSA) is 62.2 Å². The molecule has 0 saturated carbocycles. The Morgan fingerprint density at radius 3 is 2.35 bits per heavy atom. The van der Waals surface area contributed by atoms with Crippen molar-refractivity contribution >= 4 is 0 Å². The molecule has 0 atom stereocenters. The number of hydrogen-bond donors (Lipinski definition) is 0. The molecule has 0 bridgehead atoms. The lowest BCUT2D eigenvalue weighted by atomic mass is 10.1. The molecule has 3 rings (SSSR count). The zero-order chi connectivity index (χ0) is 13.9. The van der Waals surface area contributed by atoms with E-state index in [0.717, 1.165) is 16.9 Å². The summed E-state index contributed by atoms with van der Waals surface area (Å²) in [5.74, 6) is 0.726. The lowest BCUT2D eigenvalue weighted by molar-refractivity contribution is -0.793. The summed E-state index contributed by atoms with van der Waals surface area (Å²) in [4.78, 5) is 0.421. The van der Waals surface area contributed by atoms with Gasteiger partial charge in [0.15, 0.2) is 0 Å². The minimum Gasteiger partial charge on any atom is -0.497 e. The molecule has 0 saturated heterocycles. The van der Waals surface area contributed by atoms with Gasteiger partial charge in [-0.2, -0.15) is 0 Å². The molecule has 0 aliphatic rings. The van der Waals surface area contributed by atoms with Crippen molar-refractivity contribution in [1.82, 2.24) is 5.16 Å². The van der Waals surface area contributed by atoms with Crippen LogP contribution in [0, 0.1) is 5.21 Å². The van der Waals surface area contributed by atoms with Gasteiger partial charge >= 0.3 is 0 Å². The lowest BCUT2D eigenvalue weighted by Gasteiger charge is -2.02. The molecule has 0 unspecified atom stereocenters. The zero-order valence-electron chi connectivity index (χ0n) is 10.8. The van der Waals surface area contributed by atoms with Gasteiger partial charge < -0.3 is 9.94 Å². The first kappa shape index (κ1) is 12.2. The lowest BCUT2D eigenvalue weighted by Crippen LogP contribution is -2.25. The molecule has 2 aromatic carbocycles. The Labute approximate surface area is 115 Å². The van der Waals surface area contributed by atoms with Crippen molar-refractivity contribution in [2.75, 3.05) is 7.11 Å². The molecule has 5 heteroatoms. The van der Waals surface area contributed by atoms with Crippen LogP contribution in [0.1, 0.15) is 0 Å². The van der Waals surface area contributed by atoms with Crippen LogP contribution in [-0.2, 0) is 0 Å². The minimum atomic E-state index is 0.388. The predicted octanol–water partition coefficient (Wildman–Crippen LogP) is 2.65. The largest absolute Gasteiger partial charge is 0.497 e. The van der Waals surface area contributed by atoms with Gasteiger partial charge in [-0.3, -0.25) is 4.63 Å². The van der Waals surface area contributed by atoms with Crippen molar-refractivity contribution in [1.29, 1.82) is 0 Å². The van der Waals surface area contributed by atoms with E-state index in [1.165, 1.54) is 0 Å². The van der Waals surface area contributed by atoms with Crippen LogP contribution in [0.3, 0.4) is 0 Å². The van der Waals surface area contributed by atoms with Crippen LogP contribution in [0.15, 0.2) is 59.2 Å². The van der Waals surface area contributed by atoms with Crippen LogP contribution >= 0.6 is 0 Å².